The summed E-state index contributed by atoms with van der Waals surface area (Å²) >= 11 is 0. The summed E-state index contributed by atoms with van der Waals surface area (Å²) in [5.74, 6) is -0.786. The Kier molecular flexibility index (Phi) is 8.60. The van der Waals surface area contributed by atoms with Gasteiger partial charge >= 0.3 is 5.97 Å². The van der Waals surface area contributed by atoms with E-state index in [1.54, 1.807) is 14.0 Å². The third-order valence-electron chi connectivity index (χ3n) is 5.60. The number of hydrogen-bond acceptors (Lipinski definition) is 6. The Morgan fingerprint density at radius 3 is 2.36 bits per heavy atom. The highest BCUT2D eigenvalue weighted by Gasteiger charge is 2.32. The highest BCUT2D eigenvalue weighted by Crippen LogP contribution is 2.24. The Labute approximate surface area is 194 Å². The number of ether oxygens (including phenoxy) is 2. The van der Waals surface area contributed by atoms with Crippen molar-refractivity contribution in [1.29, 1.82) is 0 Å². The van der Waals surface area contributed by atoms with E-state index in [4.69, 9.17) is 9.47 Å². The van der Waals surface area contributed by atoms with Gasteiger partial charge in [0.2, 0.25) is 15.9 Å². The van der Waals surface area contributed by atoms with Gasteiger partial charge in [-0.25, -0.2) is 13.2 Å². The van der Waals surface area contributed by atoms with Gasteiger partial charge in [0.15, 0.2) is 0 Å². The van der Waals surface area contributed by atoms with Crippen LogP contribution in [0.15, 0.2) is 53.4 Å². The van der Waals surface area contributed by atoms with Crippen LogP contribution >= 0.6 is 0 Å². The van der Waals surface area contributed by atoms with E-state index in [9.17, 15) is 18.0 Å². The maximum atomic E-state index is 13.0. The molecule has 1 saturated heterocycles. The molecule has 0 bridgehead atoms. The Morgan fingerprint density at radius 2 is 1.73 bits per heavy atom. The van der Waals surface area contributed by atoms with E-state index >= 15 is 0 Å². The molecule has 1 aliphatic heterocycles. The third-order valence-corrected chi connectivity index (χ3v) is 7.51. The lowest BCUT2D eigenvalue weighted by molar-refractivity contribution is -0.126. The first kappa shape index (κ1) is 24.9. The molecule has 9 heteroatoms. The number of hydrogen-bond donors (Lipinski definition) is 1. The number of methoxy groups -OCH3 is 1. The molecule has 0 radical (unpaired) electrons. The van der Waals surface area contributed by atoms with Crippen molar-refractivity contribution in [2.45, 2.75) is 37.8 Å². The first-order chi connectivity index (χ1) is 15.8. The standard InChI is InChI=1S/C24H30N2O6S/c1-3-32-24(28)21-7-9-22(10-8-21)33(29,30)26-13-11-20(12-14-26)23(27)25-16-18-5-4-6-19(15-18)17-31-2/h4-10,15,20H,3,11-14,16-17H2,1-2H3,(H,25,27). The van der Waals surface area contributed by atoms with Gasteiger partial charge in [-0.05, 0) is 55.2 Å². The molecule has 0 aromatic heterocycles. The summed E-state index contributed by atoms with van der Waals surface area (Å²) < 4.78 is 37.4. The van der Waals surface area contributed by atoms with Crippen molar-refractivity contribution in [1.82, 2.24) is 9.62 Å². The Morgan fingerprint density at radius 1 is 1.06 bits per heavy atom. The number of benzene rings is 2. The van der Waals surface area contributed by atoms with Crippen LogP contribution in [-0.2, 0) is 37.4 Å². The van der Waals surface area contributed by atoms with Gasteiger partial charge in [-0.3, -0.25) is 4.79 Å². The van der Waals surface area contributed by atoms with Crippen molar-refractivity contribution < 1.29 is 27.5 Å². The van der Waals surface area contributed by atoms with Gasteiger partial charge in [0.05, 0.1) is 23.7 Å². The second-order valence-corrected chi connectivity index (χ2v) is 9.83. The van der Waals surface area contributed by atoms with Gasteiger partial charge in [-0.2, -0.15) is 4.31 Å². The molecule has 1 aliphatic rings. The summed E-state index contributed by atoms with van der Waals surface area (Å²) in [5, 5.41) is 2.96. The molecule has 0 atom stereocenters. The lowest BCUT2D eigenvalue weighted by Crippen LogP contribution is -2.42. The Balaban J connectivity index is 1.53. The number of sulfonamides is 1. The number of piperidine rings is 1. The number of esters is 1. The van der Waals surface area contributed by atoms with Crippen LogP contribution in [0.25, 0.3) is 0 Å². The van der Waals surface area contributed by atoms with Gasteiger partial charge in [0.25, 0.3) is 0 Å². The summed E-state index contributed by atoms with van der Waals surface area (Å²) in [7, 11) is -2.06. The second kappa shape index (κ2) is 11.4. The van der Waals surface area contributed by atoms with Gasteiger partial charge in [-0.1, -0.05) is 24.3 Å². The van der Waals surface area contributed by atoms with Crippen LogP contribution in [0.5, 0.6) is 0 Å². The molecule has 0 saturated carbocycles. The van der Waals surface area contributed by atoms with Crippen molar-refractivity contribution in [3.63, 3.8) is 0 Å². The van der Waals surface area contributed by atoms with Gasteiger partial charge in [0.1, 0.15) is 0 Å². The van der Waals surface area contributed by atoms with Crippen molar-refractivity contribution in [2.24, 2.45) is 5.92 Å². The lowest BCUT2D eigenvalue weighted by atomic mass is 9.97. The van der Waals surface area contributed by atoms with E-state index < -0.39 is 16.0 Å². The zero-order chi connectivity index (χ0) is 23.8. The minimum atomic E-state index is -3.69. The molecule has 178 valence electrons. The maximum Gasteiger partial charge on any atom is 0.338 e. The third kappa shape index (κ3) is 6.40. The first-order valence-electron chi connectivity index (χ1n) is 11.0. The minimum absolute atomic E-state index is 0.0667. The first-order valence-corrected chi connectivity index (χ1v) is 12.4. The molecule has 2 aromatic carbocycles. The van der Waals surface area contributed by atoms with Crippen LogP contribution in [0.4, 0.5) is 0 Å². The van der Waals surface area contributed by atoms with Crippen molar-refractivity contribution >= 4 is 21.9 Å². The number of nitrogens with one attached hydrogen (secondary N) is 1. The molecule has 0 aliphatic carbocycles. The molecule has 1 amide bonds. The molecular weight excluding hydrogens is 444 g/mol. The fourth-order valence-corrected chi connectivity index (χ4v) is 5.28. The largest absolute Gasteiger partial charge is 0.462 e. The van der Waals surface area contributed by atoms with Crippen LogP contribution in [-0.4, -0.2) is 51.4 Å². The van der Waals surface area contributed by atoms with E-state index in [2.05, 4.69) is 5.32 Å². The monoisotopic (exact) mass is 474 g/mol. The minimum Gasteiger partial charge on any atom is -0.462 e. The average Bonchev–Trinajstić information content (AvgIpc) is 2.83. The van der Waals surface area contributed by atoms with Crippen LogP contribution in [0.2, 0.25) is 0 Å². The topological polar surface area (TPSA) is 102 Å². The SMILES string of the molecule is CCOC(=O)c1ccc(S(=O)(=O)N2CCC(C(=O)NCc3cccc(COC)c3)CC2)cc1. The van der Waals surface area contributed by atoms with Gasteiger partial charge in [-0.15, -0.1) is 0 Å². The summed E-state index contributed by atoms with van der Waals surface area (Å²) in [6.45, 7) is 3.43. The highest BCUT2D eigenvalue weighted by atomic mass is 32.2. The smallest absolute Gasteiger partial charge is 0.338 e. The zero-order valence-electron chi connectivity index (χ0n) is 19.0. The number of rotatable bonds is 9. The number of carbonyl (C=O) groups is 2. The molecule has 8 nitrogen and oxygen atoms in total. The maximum absolute atomic E-state index is 13.0. The van der Waals surface area contributed by atoms with Crippen molar-refractivity contribution in [3.05, 3.63) is 65.2 Å². The fraction of sp³-hybridized carbons (Fsp3) is 0.417. The van der Waals surface area contributed by atoms with E-state index in [1.807, 2.05) is 24.3 Å². The molecule has 1 fully saturated rings. The molecule has 1 heterocycles. The van der Waals surface area contributed by atoms with Crippen molar-refractivity contribution in [3.8, 4) is 0 Å². The summed E-state index contributed by atoms with van der Waals surface area (Å²) in [4.78, 5) is 24.5. The Hall–Kier alpha value is -2.75. The molecule has 0 spiro atoms. The number of amides is 1. The summed E-state index contributed by atoms with van der Waals surface area (Å²) in [5.41, 5.74) is 2.33. The Bertz CT molecular complexity index is 1060. The van der Waals surface area contributed by atoms with Gasteiger partial charge in [0, 0.05) is 32.7 Å². The highest BCUT2D eigenvalue weighted by molar-refractivity contribution is 7.89. The molecule has 0 unspecified atom stereocenters. The van der Waals surface area contributed by atoms with Crippen LogP contribution in [0.1, 0.15) is 41.3 Å². The zero-order valence-corrected chi connectivity index (χ0v) is 19.8. The molecule has 33 heavy (non-hydrogen) atoms. The molecule has 3 rings (SSSR count). The van der Waals surface area contributed by atoms with Gasteiger partial charge < -0.3 is 14.8 Å². The number of carbonyl (C=O) groups excluding carboxylic acids is 2. The van der Waals surface area contributed by atoms with E-state index in [0.29, 0.717) is 31.6 Å². The summed E-state index contributed by atoms with van der Waals surface area (Å²) in [6.07, 6.45) is 0.908. The van der Waals surface area contributed by atoms with E-state index in [1.165, 1.54) is 28.6 Å². The van der Waals surface area contributed by atoms with E-state index in [0.717, 1.165) is 11.1 Å². The van der Waals surface area contributed by atoms with Crippen LogP contribution in [0.3, 0.4) is 0 Å². The quantitative estimate of drug-likeness (QED) is 0.561. The summed E-state index contributed by atoms with van der Waals surface area (Å²) in [6, 6.07) is 13.6. The van der Waals surface area contributed by atoms with Crippen molar-refractivity contribution in [2.75, 3.05) is 26.8 Å². The predicted molar refractivity (Wildman–Crippen MR) is 123 cm³/mol. The van der Waals surface area contributed by atoms with E-state index in [-0.39, 0.29) is 36.4 Å². The normalized spacial score (nSPS) is 15.2. The lowest BCUT2D eigenvalue weighted by Gasteiger charge is -2.30. The molecular formula is C24H30N2O6S. The number of nitrogens with zero attached hydrogens (tertiary/aromatic N) is 1. The molecule has 1 N–H and O–H groups in total. The fourth-order valence-electron chi connectivity index (χ4n) is 3.81. The molecule has 2 aromatic rings. The van der Waals surface area contributed by atoms with Crippen LogP contribution < -0.4 is 5.32 Å². The predicted octanol–water partition coefficient (Wildman–Crippen LogP) is 2.73. The second-order valence-electron chi connectivity index (χ2n) is 7.89. The average molecular weight is 475 g/mol. The van der Waals surface area contributed by atoms with Crippen LogP contribution in [0, 0.1) is 5.92 Å².